The van der Waals surface area contributed by atoms with Crippen molar-refractivity contribution < 1.29 is 32.5 Å². The standard InChI is InChI=1S/C24H25F2NO5/c1-6-19-14(3)23(32-24(28)30-8-7-29-5)21-15(4)22(13(2)9-20(21)27-19)31-18-11-16(25)10-17(26)12-18/h9-12H,6-8H2,1-5H3. The third-order valence-electron chi connectivity index (χ3n) is 5.02. The summed E-state index contributed by atoms with van der Waals surface area (Å²) in [6, 6.07) is 4.75. The van der Waals surface area contributed by atoms with E-state index in [-0.39, 0.29) is 19.0 Å². The quantitative estimate of drug-likeness (QED) is 0.330. The molecule has 0 spiro atoms. The van der Waals surface area contributed by atoms with Crippen LogP contribution in [0.2, 0.25) is 0 Å². The molecule has 1 heterocycles. The van der Waals surface area contributed by atoms with E-state index in [9.17, 15) is 13.6 Å². The molecule has 2 aromatic carbocycles. The van der Waals surface area contributed by atoms with Crippen molar-refractivity contribution in [2.75, 3.05) is 20.3 Å². The summed E-state index contributed by atoms with van der Waals surface area (Å²) in [4.78, 5) is 17.0. The molecular formula is C24H25F2NO5. The number of ether oxygens (including phenoxy) is 4. The fourth-order valence-electron chi connectivity index (χ4n) is 3.52. The summed E-state index contributed by atoms with van der Waals surface area (Å²) in [5.74, 6) is -0.773. The number of aromatic nitrogens is 1. The Morgan fingerprint density at radius 2 is 1.66 bits per heavy atom. The van der Waals surface area contributed by atoms with Gasteiger partial charge in [0.1, 0.15) is 35.5 Å². The predicted molar refractivity (Wildman–Crippen MR) is 116 cm³/mol. The van der Waals surface area contributed by atoms with Crippen molar-refractivity contribution in [3.05, 3.63) is 58.3 Å². The van der Waals surface area contributed by atoms with Gasteiger partial charge < -0.3 is 18.9 Å². The molecule has 0 amide bonds. The van der Waals surface area contributed by atoms with Crippen molar-refractivity contribution >= 4 is 17.1 Å². The van der Waals surface area contributed by atoms with Crippen LogP contribution < -0.4 is 9.47 Å². The molecule has 0 N–H and O–H groups in total. The van der Waals surface area contributed by atoms with E-state index >= 15 is 0 Å². The third-order valence-corrected chi connectivity index (χ3v) is 5.02. The van der Waals surface area contributed by atoms with Gasteiger partial charge in [0.05, 0.1) is 17.5 Å². The van der Waals surface area contributed by atoms with Crippen molar-refractivity contribution in [3.63, 3.8) is 0 Å². The van der Waals surface area contributed by atoms with Gasteiger partial charge in [-0.05, 0) is 38.8 Å². The number of carbonyl (C=O) groups excluding carboxylic acids is 1. The van der Waals surface area contributed by atoms with Crippen molar-refractivity contribution in [1.29, 1.82) is 0 Å². The summed E-state index contributed by atoms with van der Waals surface area (Å²) < 4.78 is 48.7. The van der Waals surface area contributed by atoms with Crippen LogP contribution in [0.5, 0.6) is 17.2 Å². The van der Waals surface area contributed by atoms with E-state index in [0.29, 0.717) is 45.5 Å². The van der Waals surface area contributed by atoms with Crippen LogP contribution in [0.25, 0.3) is 10.9 Å². The van der Waals surface area contributed by atoms with Crippen molar-refractivity contribution in [2.45, 2.75) is 34.1 Å². The number of methoxy groups -OCH3 is 1. The van der Waals surface area contributed by atoms with Gasteiger partial charge in [0.2, 0.25) is 0 Å². The Labute approximate surface area is 185 Å². The minimum Gasteiger partial charge on any atom is -0.457 e. The second kappa shape index (κ2) is 9.91. The first-order valence-corrected chi connectivity index (χ1v) is 10.2. The van der Waals surface area contributed by atoms with Crippen LogP contribution >= 0.6 is 0 Å². The summed E-state index contributed by atoms with van der Waals surface area (Å²) in [5, 5.41) is 0.556. The number of aryl methyl sites for hydroxylation is 3. The summed E-state index contributed by atoms with van der Waals surface area (Å²) in [6.45, 7) is 7.64. The van der Waals surface area contributed by atoms with E-state index in [4.69, 9.17) is 23.9 Å². The second-order valence-corrected chi connectivity index (χ2v) is 7.31. The molecular weight excluding hydrogens is 420 g/mol. The maximum atomic E-state index is 13.6. The average molecular weight is 445 g/mol. The zero-order valence-electron chi connectivity index (χ0n) is 18.7. The fourth-order valence-corrected chi connectivity index (χ4v) is 3.52. The van der Waals surface area contributed by atoms with Gasteiger partial charge >= 0.3 is 6.16 Å². The molecule has 0 aliphatic heterocycles. The highest BCUT2D eigenvalue weighted by molar-refractivity contribution is 5.94. The van der Waals surface area contributed by atoms with Gasteiger partial charge in [-0.15, -0.1) is 0 Å². The molecule has 3 aromatic rings. The van der Waals surface area contributed by atoms with E-state index in [0.717, 1.165) is 23.9 Å². The van der Waals surface area contributed by atoms with Crippen molar-refractivity contribution in [1.82, 2.24) is 4.98 Å². The minimum absolute atomic E-state index is 0.0179. The van der Waals surface area contributed by atoms with Gasteiger partial charge in [0, 0.05) is 42.1 Å². The average Bonchev–Trinajstić information content (AvgIpc) is 2.72. The Kier molecular flexibility index (Phi) is 7.25. The van der Waals surface area contributed by atoms with E-state index in [2.05, 4.69) is 0 Å². The highest BCUT2D eigenvalue weighted by Crippen LogP contribution is 2.40. The van der Waals surface area contributed by atoms with Gasteiger partial charge in [-0.1, -0.05) is 6.92 Å². The second-order valence-electron chi connectivity index (χ2n) is 7.31. The highest BCUT2D eigenvalue weighted by atomic mass is 19.1. The highest BCUT2D eigenvalue weighted by Gasteiger charge is 2.21. The molecule has 6 nitrogen and oxygen atoms in total. The van der Waals surface area contributed by atoms with Gasteiger partial charge in [-0.3, -0.25) is 4.98 Å². The Morgan fingerprint density at radius 1 is 0.969 bits per heavy atom. The first-order valence-electron chi connectivity index (χ1n) is 10.2. The van der Waals surface area contributed by atoms with Gasteiger partial charge in [-0.2, -0.15) is 0 Å². The SMILES string of the molecule is CCc1nc2cc(C)c(Oc3cc(F)cc(F)c3)c(C)c2c(OC(=O)OCCOC)c1C. The molecule has 0 aliphatic rings. The molecule has 0 bridgehead atoms. The number of fused-ring (bicyclic) bond motifs is 1. The van der Waals surface area contributed by atoms with Gasteiger partial charge in [0.15, 0.2) is 0 Å². The van der Waals surface area contributed by atoms with E-state index in [1.807, 2.05) is 20.8 Å². The van der Waals surface area contributed by atoms with Crippen LogP contribution in [-0.4, -0.2) is 31.5 Å². The number of benzene rings is 2. The zero-order valence-corrected chi connectivity index (χ0v) is 18.7. The van der Waals surface area contributed by atoms with Crippen LogP contribution in [0, 0.1) is 32.4 Å². The molecule has 170 valence electrons. The summed E-state index contributed by atoms with van der Waals surface area (Å²) in [7, 11) is 1.50. The smallest absolute Gasteiger partial charge is 0.457 e. The number of hydrogen-bond acceptors (Lipinski definition) is 6. The van der Waals surface area contributed by atoms with Crippen LogP contribution in [0.3, 0.4) is 0 Å². The third kappa shape index (κ3) is 4.96. The van der Waals surface area contributed by atoms with Crippen LogP contribution in [0.4, 0.5) is 13.6 Å². The summed E-state index contributed by atoms with van der Waals surface area (Å²) in [5.41, 5.74) is 3.41. The molecule has 3 rings (SSSR count). The number of pyridine rings is 1. The largest absolute Gasteiger partial charge is 0.513 e. The first kappa shape index (κ1) is 23.4. The summed E-state index contributed by atoms with van der Waals surface area (Å²) >= 11 is 0. The maximum Gasteiger partial charge on any atom is 0.513 e. The Balaban J connectivity index is 2.12. The molecule has 0 aliphatic carbocycles. The Morgan fingerprint density at radius 3 is 2.28 bits per heavy atom. The topological polar surface area (TPSA) is 66.9 Å². The number of hydrogen-bond donors (Lipinski definition) is 0. The van der Waals surface area contributed by atoms with Crippen molar-refractivity contribution in [2.24, 2.45) is 0 Å². The zero-order chi connectivity index (χ0) is 23.4. The van der Waals surface area contributed by atoms with Gasteiger partial charge in [-0.25, -0.2) is 13.6 Å². The summed E-state index contributed by atoms with van der Waals surface area (Å²) in [6.07, 6.45) is -0.232. The van der Waals surface area contributed by atoms with E-state index in [1.54, 1.807) is 13.0 Å². The molecule has 0 saturated carbocycles. The lowest BCUT2D eigenvalue weighted by Crippen LogP contribution is -2.15. The normalized spacial score (nSPS) is 11.0. The number of nitrogens with zero attached hydrogens (tertiary/aromatic N) is 1. The first-order chi connectivity index (χ1) is 15.2. The minimum atomic E-state index is -0.866. The van der Waals surface area contributed by atoms with Crippen molar-refractivity contribution in [3.8, 4) is 17.2 Å². The Bertz CT molecular complexity index is 1140. The lowest BCUT2D eigenvalue weighted by molar-refractivity contribution is 0.0687. The molecule has 32 heavy (non-hydrogen) atoms. The van der Waals surface area contributed by atoms with Crippen LogP contribution in [0.15, 0.2) is 24.3 Å². The fraction of sp³-hybridized carbons (Fsp3) is 0.333. The molecule has 1 aromatic heterocycles. The number of rotatable bonds is 7. The monoisotopic (exact) mass is 445 g/mol. The molecule has 0 atom stereocenters. The Hall–Kier alpha value is -3.26. The van der Waals surface area contributed by atoms with E-state index < -0.39 is 17.8 Å². The van der Waals surface area contributed by atoms with Crippen LogP contribution in [-0.2, 0) is 15.9 Å². The molecule has 8 heteroatoms. The number of carbonyl (C=O) groups is 1. The van der Waals surface area contributed by atoms with Gasteiger partial charge in [0.25, 0.3) is 0 Å². The molecule has 0 unspecified atom stereocenters. The van der Waals surface area contributed by atoms with E-state index in [1.165, 1.54) is 7.11 Å². The van der Waals surface area contributed by atoms with Crippen LogP contribution in [0.1, 0.15) is 29.3 Å². The molecule has 0 saturated heterocycles. The maximum absolute atomic E-state index is 13.6. The molecule has 0 radical (unpaired) electrons. The molecule has 0 fully saturated rings. The number of halogens is 2. The lowest BCUT2D eigenvalue weighted by atomic mass is 9.99. The predicted octanol–water partition coefficient (Wildman–Crippen LogP) is 5.95. The lowest BCUT2D eigenvalue weighted by Gasteiger charge is -2.19.